The second-order valence-corrected chi connectivity index (χ2v) is 4.66. The highest BCUT2D eigenvalue weighted by Crippen LogP contribution is 2.21. The molecule has 3 nitrogen and oxygen atoms in total. The van der Waals surface area contributed by atoms with Crippen molar-refractivity contribution < 1.29 is 0 Å². The van der Waals surface area contributed by atoms with Crippen molar-refractivity contribution in [2.75, 3.05) is 5.32 Å². The van der Waals surface area contributed by atoms with Gasteiger partial charge in [-0.25, -0.2) is 9.97 Å². The minimum absolute atomic E-state index is 0.207. The average molecular weight is 219 g/mol. The summed E-state index contributed by atoms with van der Waals surface area (Å²) in [6.07, 6.45) is 3.68. The average Bonchev–Trinajstić information content (AvgIpc) is 2.66. The summed E-state index contributed by atoms with van der Waals surface area (Å²) in [5.41, 5.74) is 0. The van der Waals surface area contributed by atoms with E-state index in [0.29, 0.717) is 0 Å². The fourth-order valence-electron chi connectivity index (χ4n) is 1.30. The van der Waals surface area contributed by atoms with Crippen molar-refractivity contribution in [3.8, 4) is 0 Å². The van der Waals surface area contributed by atoms with Gasteiger partial charge < -0.3 is 5.32 Å². The topological polar surface area (TPSA) is 37.8 Å². The number of hydrogen-bond donors (Lipinski definition) is 1. The van der Waals surface area contributed by atoms with Gasteiger partial charge in [-0.15, -0.1) is 11.3 Å². The molecule has 1 unspecified atom stereocenters. The molecule has 0 aliphatic rings. The van der Waals surface area contributed by atoms with Crippen LogP contribution in [0.5, 0.6) is 0 Å². The molecule has 2 aromatic rings. The van der Waals surface area contributed by atoms with Gasteiger partial charge in [-0.05, 0) is 26.0 Å². The molecule has 2 aromatic heterocycles. The van der Waals surface area contributed by atoms with Crippen molar-refractivity contribution >= 4 is 17.2 Å². The highest BCUT2D eigenvalue weighted by molar-refractivity contribution is 7.11. The lowest BCUT2D eigenvalue weighted by molar-refractivity contribution is 0.861. The Labute approximate surface area is 93.2 Å². The molecule has 0 saturated carbocycles. The number of aromatic nitrogens is 2. The third-order valence-corrected chi connectivity index (χ3v) is 3.13. The van der Waals surface area contributed by atoms with Gasteiger partial charge in [-0.1, -0.05) is 6.07 Å². The SMILES string of the molecule is Cc1cnc(C(C)Nc2ccccn2)s1. The first kappa shape index (κ1) is 10.1. The molecule has 0 spiro atoms. The smallest absolute Gasteiger partial charge is 0.126 e. The van der Waals surface area contributed by atoms with Crippen molar-refractivity contribution in [2.24, 2.45) is 0 Å². The van der Waals surface area contributed by atoms with Gasteiger partial charge in [0.15, 0.2) is 0 Å². The Morgan fingerprint density at radius 1 is 1.33 bits per heavy atom. The van der Waals surface area contributed by atoms with Crippen molar-refractivity contribution in [3.63, 3.8) is 0 Å². The molecule has 78 valence electrons. The van der Waals surface area contributed by atoms with E-state index in [4.69, 9.17) is 0 Å². The first-order valence-corrected chi connectivity index (χ1v) is 5.67. The minimum atomic E-state index is 0.207. The third kappa shape index (κ3) is 2.53. The van der Waals surface area contributed by atoms with E-state index in [0.717, 1.165) is 10.8 Å². The summed E-state index contributed by atoms with van der Waals surface area (Å²) in [4.78, 5) is 9.79. The van der Waals surface area contributed by atoms with Crippen LogP contribution >= 0.6 is 11.3 Å². The first-order chi connectivity index (χ1) is 7.25. The quantitative estimate of drug-likeness (QED) is 0.862. The van der Waals surface area contributed by atoms with Gasteiger partial charge in [-0.2, -0.15) is 0 Å². The van der Waals surface area contributed by atoms with E-state index in [-0.39, 0.29) is 6.04 Å². The van der Waals surface area contributed by atoms with Gasteiger partial charge in [0.2, 0.25) is 0 Å². The zero-order valence-corrected chi connectivity index (χ0v) is 9.58. The number of rotatable bonds is 3. The highest BCUT2D eigenvalue weighted by Gasteiger charge is 2.08. The predicted molar refractivity (Wildman–Crippen MR) is 63.1 cm³/mol. The third-order valence-electron chi connectivity index (χ3n) is 2.04. The van der Waals surface area contributed by atoms with Gasteiger partial charge in [-0.3, -0.25) is 0 Å². The Kier molecular flexibility index (Phi) is 2.97. The van der Waals surface area contributed by atoms with Gasteiger partial charge in [0.05, 0.1) is 6.04 Å². The van der Waals surface area contributed by atoms with E-state index in [2.05, 4.69) is 29.1 Å². The van der Waals surface area contributed by atoms with Crippen molar-refractivity contribution in [3.05, 3.63) is 40.5 Å². The van der Waals surface area contributed by atoms with E-state index in [9.17, 15) is 0 Å². The second kappa shape index (κ2) is 4.40. The van der Waals surface area contributed by atoms with Crippen LogP contribution in [0.1, 0.15) is 22.9 Å². The van der Waals surface area contributed by atoms with Crippen LogP contribution in [0.25, 0.3) is 0 Å². The Bertz CT molecular complexity index is 424. The van der Waals surface area contributed by atoms with Gasteiger partial charge >= 0.3 is 0 Å². The lowest BCUT2D eigenvalue weighted by Gasteiger charge is -2.10. The molecule has 0 amide bonds. The van der Waals surface area contributed by atoms with E-state index >= 15 is 0 Å². The monoisotopic (exact) mass is 219 g/mol. The zero-order chi connectivity index (χ0) is 10.7. The van der Waals surface area contributed by atoms with Crippen molar-refractivity contribution in [2.45, 2.75) is 19.9 Å². The second-order valence-electron chi connectivity index (χ2n) is 3.39. The van der Waals surface area contributed by atoms with E-state index in [1.807, 2.05) is 24.4 Å². The standard InChI is InChI=1S/C11H13N3S/c1-8-7-13-11(15-8)9(2)14-10-5-3-4-6-12-10/h3-7,9H,1-2H3,(H,12,14). The number of hydrogen-bond acceptors (Lipinski definition) is 4. The Morgan fingerprint density at radius 2 is 2.20 bits per heavy atom. The summed E-state index contributed by atoms with van der Waals surface area (Å²) < 4.78 is 0. The normalized spacial score (nSPS) is 12.4. The number of anilines is 1. The maximum absolute atomic E-state index is 4.34. The maximum Gasteiger partial charge on any atom is 0.126 e. The van der Waals surface area contributed by atoms with Gasteiger partial charge in [0.25, 0.3) is 0 Å². The molecular weight excluding hydrogens is 206 g/mol. The van der Waals surface area contributed by atoms with Crippen LogP contribution in [0.4, 0.5) is 5.82 Å². The fourth-order valence-corrected chi connectivity index (χ4v) is 2.08. The summed E-state index contributed by atoms with van der Waals surface area (Å²) in [5, 5.41) is 4.40. The molecule has 1 N–H and O–H groups in total. The van der Waals surface area contributed by atoms with Gasteiger partial charge in [0.1, 0.15) is 10.8 Å². The number of thiazole rings is 1. The number of pyridine rings is 1. The molecule has 2 heterocycles. The molecule has 0 saturated heterocycles. The molecule has 0 aliphatic carbocycles. The van der Waals surface area contributed by atoms with Crippen LogP contribution in [-0.2, 0) is 0 Å². The highest BCUT2D eigenvalue weighted by atomic mass is 32.1. The molecular formula is C11H13N3S. The minimum Gasteiger partial charge on any atom is -0.361 e. The zero-order valence-electron chi connectivity index (χ0n) is 8.77. The lowest BCUT2D eigenvalue weighted by atomic mass is 10.3. The van der Waals surface area contributed by atoms with Crippen LogP contribution in [-0.4, -0.2) is 9.97 Å². The number of aryl methyl sites for hydroxylation is 1. The molecule has 15 heavy (non-hydrogen) atoms. The number of nitrogens with zero attached hydrogens (tertiary/aromatic N) is 2. The van der Waals surface area contributed by atoms with Crippen molar-refractivity contribution in [1.29, 1.82) is 0 Å². The first-order valence-electron chi connectivity index (χ1n) is 4.85. The Balaban J connectivity index is 2.07. The van der Waals surface area contributed by atoms with Crippen LogP contribution in [0.3, 0.4) is 0 Å². The van der Waals surface area contributed by atoms with Crippen LogP contribution in [0.2, 0.25) is 0 Å². The van der Waals surface area contributed by atoms with Gasteiger partial charge in [0, 0.05) is 17.3 Å². The van der Waals surface area contributed by atoms with Crippen molar-refractivity contribution in [1.82, 2.24) is 9.97 Å². The summed E-state index contributed by atoms with van der Waals surface area (Å²) in [6.45, 7) is 4.15. The molecule has 0 fully saturated rings. The molecule has 0 aliphatic heterocycles. The molecule has 4 heteroatoms. The van der Waals surface area contributed by atoms with E-state index in [1.54, 1.807) is 17.5 Å². The molecule has 2 rings (SSSR count). The lowest BCUT2D eigenvalue weighted by Crippen LogP contribution is -2.06. The molecule has 1 atom stereocenters. The van der Waals surface area contributed by atoms with Crippen LogP contribution in [0, 0.1) is 6.92 Å². The Morgan fingerprint density at radius 3 is 2.80 bits per heavy atom. The Hall–Kier alpha value is -1.42. The maximum atomic E-state index is 4.34. The van der Waals surface area contributed by atoms with Crippen LogP contribution < -0.4 is 5.32 Å². The number of nitrogens with one attached hydrogen (secondary N) is 1. The van der Waals surface area contributed by atoms with E-state index < -0.39 is 0 Å². The van der Waals surface area contributed by atoms with E-state index in [1.165, 1.54) is 4.88 Å². The molecule has 0 radical (unpaired) electrons. The predicted octanol–water partition coefficient (Wildman–Crippen LogP) is 3.02. The molecule has 0 aromatic carbocycles. The summed E-state index contributed by atoms with van der Waals surface area (Å²) in [5.74, 6) is 0.887. The summed E-state index contributed by atoms with van der Waals surface area (Å²) >= 11 is 1.71. The summed E-state index contributed by atoms with van der Waals surface area (Å²) in [6, 6.07) is 6.04. The summed E-state index contributed by atoms with van der Waals surface area (Å²) in [7, 11) is 0. The fraction of sp³-hybridized carbons (Fsp3) is 0.273. The molecule has 0 bridgehead atoms. The van der Waals surface area contributed by atoms with Crippen LogP contribution in [0.15, 0.2) is 30.6 Å². The largest absolute Gasteiger partial charge is 0.361 e.